The molecule has 2 aromatic rings. The molecule has 11 nitrogen and oxygen atoms in total. The van der Waals surface area contributed by atoms with Crippen LogP contribution in [-0.2, 0) is 20.0 Å². The molecule has 1 aliphatic heterocycles. The fourth-order valence-corrected chi connectivity index (χ4v) is 4.88. The monoisotopic (exact) mass is 543 g/mol. The molecule has 0 aromatic carbocycles. The van der Waals surface area contributed by atoms with E-state index in [0.29, 0.717) is 6.07 Å². The van der Waals surface area contributed by atoms with Gasteiger partial charge in [0, 0.05) is 18.7 Å². The Balaban J connectivity index is 1.94. The van der Waals surface area contributed by atoms with Crippen molar-refractivity contribution in [3.63, 3.8) is 0 Å². The molecule has 1 saturated heterocycles. The molecule has 7 atom stereocenters. The molecule has 4 unspecified atom stereocenters. The second-order valence-corrected chi connectivity index (χ2v) is 11.0. The van der Waals surface area contributed by atoms with Crippen molar-refractivity contribution >= 4 is 30.8 Å². The standard InChI is InChI=1S/C19H25F3N3O8PS/c1-4-18(3,33-34(30,31)8(2)26)6-11-13(28)14(29)16(32-11)25-7-9-10(27)5-12(19(20,21)22)23-15(9)24-17(25)35/h5,7-8,11,13-14,16,26,28-29H,4,6H2,1-3H3,(H,30,31)(H,23,24,35)/t8?,11-,13?,14+,16-,18?/m1/s1. The van der Waals surface area contributed by atoms with Crippen LogP contribution in [0.4, 0.5) is 13.2 Å². The Morgan fingerprint density at radius 1 is 1.37 bits per heavy atom. The number of nitrogens with zero attached hydrogens (tertiary/aromatic N) is 2. The van der Waals surface area contributed by atoms with Crippen LogP contribution in [0.2, 0.25) is 0 Å². The van der Waals surface area contributed by atoms with Crippen molar-refractivity contribution in [2.24, 2.45) is 0 Å². The first-order chi connectivity index (χ1) is 16.0. The predicted molar refractivity (Wildman–Crippen MR) is 118 cm³/mol. The molecule has 2 aromatic heterocycles. The molecule has 0 saturated carbocycles. The summed E-state index contributed by atoms with van der Waals surface area (Å²) in [5.74, 6) is -1.67. The SMILES string of the molecule is CCC(C)(C[C@H]1O[C@@H](n2cc3c(=O)cc(C(F)(F)F)[nH]c3nc2=S)[C@@H](O)C1O)OP(=O)(O)C(C)O. The number of pyridine rings is 1. The van der Waals surface area contributed by atoms with Crippen molar-refractivity contribution in [3.05, 3.63) is 33.0 Å². The van der Waals surface area contributed by atoms with E-state index in [2.05, 4.69) is 4.98 Å². The van der Waals surface area contributed by atoms with E-state index in [-0.39, 0.29) is 23.0 Å². The zero-order valence-corrected chi connectivity index (χ0v) is 20.5. The lowest BCUT2D eigenvalue weighted by Gasteiger charge is -2.34. The van der Waals surface area contributed by atoms with Gasteiger partial charge in [-0.2, -0.15) is 13.2 Å². The zero-order chi connectivity index (χ0) is 26.5. The largest absolute Gasteiger partial charge is 0.431 e. The van der Waals surface area contributed by atoms with Crippen molar-refractivity contribution in [2.45, 2.75) is 75.8 Å². The zero-order valence-electron chi connectivity index (χ0n) is 18.8. The van der Waals surface area contributed by atoms with Gasteiger partial charge in [-0.3, -0.25) is 13.9 Å². The summed E-state index contributed by atoms with van der Waals surface area (Å²) in [5, 5.41) is 30.4. The van der Waals surface area contributed by atoms with Gasteiger partial charge in [-0.15, -0.1) is 0 Å². The van der Waals surface area contributed by atoms with Gasteiger partial charge in [-0.05, 0) is 32.5 Å². The van der Waals surface area contributed by atoms with E-state index in [4.69, 9.17) is 21.5 Å². The third-order valence-corrected chi connectivity index (χ3v) is 7.82. The molecule has 3 heterocycles. The van der Waals surface area contributed by atoms with Gasteiger partial charge in [-0.25, -0.2) is 4.98 Å². The summed E-state index contributed by atoms with van der Waals surface area (Å²) >= 11 is 5.11. The number of nitrogens with one attached hydrogen (secondary N) is 1. The fourth-order valence-electron chi connectivity index (χ4n) is 3.64. The number of alkyl halides is 3. The number of hydrogen-bond acceptors (Lipinski definition) is 9. The van der Waals surface area contributed by atoms with E-state index < -0.39 is 66.5 Å². The van der Waals surface area contributed by atoms with Crippen LogP contribution in [0.15, 0.2) is 17.1 Å². The lowest BCUT2D eigenvalue weighted by molar-refractivity contribution is -0.141. The second-order valence-electron chi connectivity index (χ2n) is 8.58. The highest BCUT2D eigenvalue weighted by atomic mass is 32.1. The van der Waals surface area contributed by atoms with E-state index in [1.165, 1.54) is 6.92 Å². The average molecular weight is 543 g/mol. The minimum absolute atomic E-state index is 0.172. The van der Waals surface area contributed by atoms with Gasteiger partial charge in [-0.1, -0.05) is 6.92 Å². The first kappa shape index (κ1) is 27.9. The number of ether oxygens (including phenoxy) is 1. The highest BCUT2D eigenvalue weighted by molar-refractivity contribution is 7.71. The molecule has 35 heavy (non-hydrogen) atoms. The van der Waals surface area contributed by atoms with E-state index >= 15 is 0 Å². The van der Waals surface area contributed by atoms with Crippen LogP contribution in [0, 0.1) is 4.77 Å². The third kappa shape index (κ3) is 5.67. The summed E-state index contributed by atoms with van der Waals surface area (Å²) in [5.41, 5.74) is -4.08. The molecule has 0 bridgehead atoms. The summed E-state index contributed by atoms with van der Waals surface area (Å²) < 4.78 is 62.9. The molecule has 0 radical (unpaired) electrons. The maximum atomic E-state index is 13.0. The number of aromatic nitrogens is 3. The predicted octanol–water partition coefficient (Wildman–Crippen LogP) is 2.19. The normalized spacial score (nSPS) is 27.5. The van der Waals surface area contributed by atoms with Crippen LogP contribution >= 0.6 is 19.8 Å². The van der Waals surface area contributed by atoms with Crippen LogP contribution in [0.1, 0.15) is 45.5 Å². The summed E-state index contributed by atoms with van der Waals surface area (Å²) in [6.45, 7) is 4.20. The van der Waals surface area contributed by atoms with E-state index in [9.17, 15) is 42.7 Å². The third-order valence-electron chi connectivity index (χ3n) is 5.87. The van der Waals surface area contributed by atoms with Gasteiger partial charge in [0.1, 0.15) is 23.5 Å². The Labute approximate surface area is 201 Å². The maximum absolute atomic E-state index is 13.0. The van der Waals surface area contributed by atoms with E-state index in [1.54, 1.807) is 6.92 Å². The van der Waals surface area contributed by atoms with Crippen molar-refractivity contribution in [1.29, 1.82) is 0 Å². The van der Waals surface area contributed by atoms with Crippen LogP contribution in [-0.4, -0.2) is 64.5 Å². The van der Waals surface area contributed by atoms with Crippen LogP contribution < -0.4 is 5.43 Å². The number of halogens is 3. The molecular formula is C19H25F3N3O8PS. The second kappa shape index (κ2) is 9.63. The summed E-state index contributed by atoms with van der Waals surface area (Å²) in [7, 11) is -4.42. The van der Waals surface area contributed by atoms with E-state index in [0.717, 1.165) is 17.7 Å². The highest BCUT2D eigenvalue weighted by Crippen LogP contribution is 2.52. The van der Waals surface area contributed by atoms with Gasteiger partial charge in [0.2, 0.25) is 4.77 Å². The number of hydrogen-bond donors (Lipinski definition) is 5. The fraction of sp³-hybridized carbons (Fsp3) is 0.632. The molecule has 1 fully saturated rings. The summed E-state index contributed by atoms with van der Waals surface area (Å²) in [4.78, 5) is 28.1. The molecule has 196 valence electrons. The first-order valence-electron chi connectivity index (χ1n) is 10.5. The molecule has 5 N–H and O–H groups in total. The van der Waals surface area contributed by atoms with Crippen LogP contribution in [0.3, 0.4) is 0 Å². The Morgan fingerprint density at radius 3 is 2.54 bits per heavy atom. The minimum atomic E-state index is -4.81. The van der Waals surface area contributed by atoms with Gasteiger partial charge in [0.25, 0.3) is 0 Å². The molecule has 3 rings (SSSR count). The smallest absolute Gasteiger partial charge is 0.388 e. The van der Waals surface area contributed by atoms with Crippen molar-refractivity contribution in [1.82, 2.24) is 14.5 Å². The Hall–Kier alpha value is -1.71. The van der Waals surface area contributed by atoms with Crippen molar-refractivity contribution in [2.75, 3.05) is 0 Å². The van der Waals surface area contributed by atoms with Crippen LogP contribution in [0.5, 0.6) is 0 Å². The summed E-state index contributed by atoms with van der Waals surface area (Å²) in [6.07, 6.45) is -9.40. The van der Waals surface area contributed by atoms with E-state index in [1.807, 2.05) is 4.98 Å². The molecule has 1 aliphatic rings. The lowest BCUT2D eigenvalue weighted by Crippen LogP contribution is -2.39. The van der Waals surface area contributed by atoms with Crippen LogP contribution in [0.25, 0.3) is 11.0 Å². The summed E-state index contributed by atoms with van der Waals surface area (Å²) in [6, 6.07) is 0.361. The van der Waals surface area contributed by atoms with Gasteiger partial charge in [0.15, 0.2) is 17.5 Å². The molecular weight excluding hydrogens is 518 g/mol. The Kier molecular flexibility index (Phi) is 7.67. The lowest BCUT2D eigenvalue weighted by atomic mass is 9.93. The van der Waals surface area contributed by atoms with Crippen molar-refractivity contribution < 1.29 is 47.2 Å². The number of fused-ring (bicyclic) bond motifs is 1. The number of aliphatic hydroxyl groups is 3. The number of aliphatic hydroxyl groups excluding tert-OH is 3. The highest BCUT2D eigenvalue weighted by Gasteiger charge is 2.48. The molecule has 16 heteroatoms. The van der Waals surface area contributed by atoms with Crippen molar-refractivity contribution in [3.8, 4) is 0 Å². The molecule has 0 aliphatic carbocycles. The number of H-pyrrole nitrogens is 1. The topological polar surface area (TPSA) is 167 Å². The average Bonchev–Trinajstić information content (AvgIpc) is 3.00. The number of rotatable bonds is 7. The van der Waals surface area contributed by atoms with Gasteiger partial charge >= 0.3 is 13.8 Å². The molecule has 0 amide bonds. The quantitative estimate of drug-likeness (QED) is 0.258. The van der Waals surface area contributed by atoms with Gasteiger partial charge < -0.3 is 34.5 Å². The minimum Gasteiger partial charge on any atom is -0.388 e. The van der Waals surface area contributed by atoms with Gasteiger partial charge in [0.05, 0.1) is 17.1 Å². The molecule has 0 spiro atoms. The first-order valence-corrected chi connectivity index (χ1v) is 12.5. The Bertz CT molecular complexity index is 1270. The number of aromatic amines is 1. The Morgan fingerprint density at radius 2 is 2.00 bits per heavy atom. The maximum Gasteiger partial charge on any atom is 0.431 e.